The molecule has 0 heterocycles. The molecule has 0 aromatic rings. The normalized spacial score (nSPS) is 13.1. The SMILES string of the molecule is CCCN(C)CCCC(CCCN(C)CCC)(CCCN(C)CCC)CC[Si](C)(C)OCC. The molecule has 0 spiro atoms. The molecule has 0 unspecified atom stereocenters. The van der Waals surface area contributed by atoms with Gasteiger partial charge in [-0.05, 0) is 156 Å². The van der Waals surface area contributed by atoms with Crippen molar-refractivity contribution < 1.29 is 4.43 Å². The van der Waals surface area contributed by atoms with E-state index in [0.717, 1.165) is 6.61 Å². The van der Waals surface area contributed by atoms with Gasteiger partial charge in [-0.25, -0.2) is 0 Å². The maximum atomic E-state index is 6.26. The molecule has 33 heavy (non-hydrogen) atoms. The fourth-order valence-electron chi connectivity index (χ4n) is 5.43. The molecule has 0 N–H and O–H groups in total. The Bertz CT molecular complexity index is 401. The van der Waals surface area contributed by atoms with E-state index in [2.05, 4.69) is 76.6 Å². The monoisotopic (exact) mass is 485 g/mol. The molecule has 0 saturated carbocycles. The molecule has 200 valence electrons. The molecular formula is C28H63N3OSi. The lowest BCUT2D eigenvalue weighted by Crippen LogP contribution is -2.35. The highest BCUT2D eigenvalue weighted by atomic mass is 28.4. The lowest BCUT2D eigenvalue weighted by Gasteiger charge is -2.38. The van der Waals surface area contributed by atoms with E-state index in [0.29, 0.717) is 5.41 Å². The highest BCUT2D eigenvalue weighted by Gasteiger charge is 2.33. The predicted octanol–water partition coefficient (Wildman–Crippen LogP) is 6.97. The van der Waals surface area contributed by atoms with Gasteiger partial charge in [0.1, 0.15) is 0 Å². The minimum absolute atomic E-state index is 0.481. The molecule has 0 radical (unpaired) electrons. The summed E-state index contributed by atoms with van der Waals surface area (Å²) < 4.78 is 6.26. The highest BCUT2D eigenvalue weighted by molar-refractivity contribution is 6.71. The highest BCUT2D eigenvalue weighted by Crippen LogP contribution is 2.41. The average molecular weight is 486 g/mol. The van der Waals surface area contributed by atoms with Gasteiger partial charge < -0.3 is 19.1 Å². The Balaban J connectivity index is 5.34. The van der Waals surface area contributed by atoms with E-state index in [1.807, 2.05) is 0 Å². The van der Waals surface area contributed by atoms with Crippen molar-refractivity contribution in [1.29, 1.82) is 0 Å². The maximum absolute atomic E-state index is 6.26. The Morgan fingerprint density at radius 2 is 0.939 bits per heavy atom. The Morgan fingerprint density at radius 3 is 1.24 bits per heavy atom. The van der Waals surface area contributed by atoms with Gasteiger partial charge in [-0.15, -0.1) is 0 Å². The van der Waals surface area contributed by atoms with Gasteiger partial charge in [-0.1, -0.05) is 20.8 Å². The molecule has 0 saturated heterocycles. The lowest BCUT2D eigenvalue weighted by atomic mass is 9.73. The van der Waals surface area contributed by atoms with Crippen LogP contribution >= 0.6 is 0 Å². The van der Waals surface area contributed by atoms with Crippen molar-refractivity contribution in [2.45, 2.75) is 111 Å². The molecule has 0 aliphatic heterocycles. The molecule has 0 atom stereocenters. The summed E-state index contributed by atoms with van der Waals surface area (Å²) in [4.78, 5) is 7.61. The molecule has 4 nitrogen and oxygen atoms in total. The van der Waals surface area contributed by atoms with Crippen molar-refractivity contribution in [2.24, 2.45) is 5.41 Å². The van der Waals surface area contributed by atoms with Crippen LogP contribution in [0.3, 0.4) is 0 Å². The Hall–Kier alpha value is 0.0569. The molecule has 5 heteroatoms. The Labute approximate surface area is 210 Å². The minimum Gasteiger partial charge on any atom is -0.418 e. The zero-order valence-corrected chi connectivity index (χ0v) is 25.5. The van der Waals surface area contributed by atoms with Crippen molar-refractivity contribution in [1.82, 2.24) is 14.7 Å². The van der Waals surface area contributed by atoms with E-state index in [9.17, 15) is 0 Å². The van der Waals surface area contributed by atoms with Crippen LogP contribution in [0, 0.1) is 5.41 Å². The zero-order valence-electron chi connectivity index (χ0n) is 24.5. The van der Waals surface area contributed by atoms with Crippen LogP contribution in [-0.2, 0) is 4.43 Å². The van der Waals surface area contributed by atoms with E-state index < -0.39 is 8.32 Å². The van der Waals surface area contributed by atoms with E-state index in [1.165, 1.54) is 110 Å². The van der Waals surface area contributed by atoms with Gasteiger partial charge in [-0.3, -0.25) is 0 Å². The van der Waals surface area contributed by atoms with Crippen LogP contribution < -0.4 is 0 Å². The van der Waals surface area contributed by atoms with Crippen LogP contribution in [0.25, 0.3) is 0 Å². The van der Waals surface area contributed by atoms with E-state index in [4.69, 9.17) is 4.43 Å². The molecular weight excluding hydrogens is 422 g/mol. The molecule has 0 rings (SSSR count). The smallest absolute Gasteiger partial charge is 0.186 e. The van der Waals surface area contributed by atoms with Gasteiger partial charge in [0.15, 0.2) is 8.32 Å². The minimum atomic E-state index is -1.57. The van der Waals surface area contributed by atoms with Crippen LogP contribution in [0.5, 0.6) is 0 Å². The predicted molar refractivity (Wildman–Crippen MR) is 152 cm³/mol. The summed E-state index contributed by atoms with van der Waals surface area (Å²) in [6.07, 6.45) is 13.3. The molecule has 0 aromatic carbocycles. The molecule has 0 aliphatic carbocycles. The third-order valence-electron chi connectivity index (χ3n) is 7.35. The summed E-state index contributed by atoms with van der Waals surface area (Å²) in [5.41, 5.74) is 0.481. The second-order valence-electron chi connectivity index (χ2n) is 11.4. The molecule has 0 bridgehead atoms. The summed E-state index contributed by atoms with van der Waals surface area (Å²) in [6, 6.07) is 1.31. The number of hydrogen-bond donors (Lipinski definition) is 0. The second-order valence-corrected chi connectivity index (χ2v) is 15.7. The fraction of sp³-hybridized carbons (Fsp3) is 1.00. The fourth-order valence-corrected chi connectivity index (χ4v) is 7.49. The van der Waals surface area contributed by atoms with E-state index >= 15 is 0 Å². The van der Waals surface area contributed by atoms with Crippen LogP contribution in [0.1, 0.15) is 91.9 Å². The molecule has 0 aromatic heterocycles. The number of nitrogens with zero attached hydrogens (tertiary/aromatic N) is 3. The third kappa shape index (κ3) is 17.2. The van der Waals surface area contributed by atoms with Gasteiger partial charge in [0.25, 0.3) is 0 Å². The second kappa shape index (κ2) is 19.3. The first-order chi connectivity index (χ1) is 15.6. The van der Waals surface area contributed by atoms with Crippen molar-refractivity contribution in [2.75, 3.05) is 67.0 Å². The Kier molecular flexibility index (Phi) is 19.3. The summed E-state index contributed by atoms with van der Waals surface area (Å²) >= 11 is 0. The van der Waals surface area contributed by atoms with Crippen molar-refractivity contribution >= 4 is 8.32 Å². The van der Waals surface area contributed by atoms with Gasteiger partial charge in [0.05, 0.1) is 0 Å². The lowest BCUT2D eigenvalue weighted by molar-refractivity contribution is 0.161. The summed E-state index contributed by atoms with van der Waals surface area (Å²) in [7, 11) is 5.34. The average Bonchev–Trinajstić information content (AvgIpc) is 2.73. The van der Waals surface area contributed by atoms with Crippen molar-refractivity contribution in [3.63, 3.8) is 0 Å². The third-order valence-corrected chi connectivity index (χ3v) is 9.87. The quantitative estimate of drug-likeness (QED) is 0.145. The van der Waals surface area contributed by atoms with Gasteiger partial charge in [0.2, 0.25) is 0 Å². The molecule has 0 fully saturated rings. The number of rotatable bonds is 23. The van der Waals surface area contributed by atoms with Crippen LogP contribution in [0.15, 0.2) is 0 Å². The van der Waals surface area contributed by atoms with Gasteiger partial charge in [-0.2, -0.15) is 0 Å². The Morgan fingerprint density at radius 1 is 0.576 bits per heavy atom. The van der Waals surface area contributed by atoms with Crippen molar-refractivity contribution in [3.8, 4) is 0 Å². The zero-order chi connectivity index (χ0) is 25.2. The summed E-state index contributed by atoms with van der Waals surface area (Å²) in [5, 5.41) is 0. The maximum Gasteiger partial charge on any atom is 0.186 e. The largest absolute Gasteiger partial charge is 0.418 e. The van der Waals surface area contributed by atoms with Crippen molar-refractivity contribution in [3.05, 3.63) is 0 Å². The van der Waals surface area contributed by atoms with Gasteiger partial charge >= 0.3 is 0 Å². The van der Waals surface area contributed by atoms with Crippen LogP contribution in [0.2, 0.25) is 19.1 Å². The standard InChI is InChI=1S/C28H63N3OSi/c1-10-21-29(5)24-14-17-28(18-15-25-30(6)22-11-2,19-16-26-31(7)23-12-3)20-27-33(8,9)32-13-4/h10-27H2,1-9H3. The first-order valence-electron chi connectivity index (χ1n) is 14.3. The summed E-state index contributed by atoms with van der Waals surface area (Å²) in [6.45, 7) is 22.2. The molecule has 0 aliphatic rings. The first-order valence-corrected chi connectivity index (χ1v) is 17.4. The first kappa shape index (κ1) is 33.1. The van der Waals surface area contributed by atoms with Gasteiger partial charge in [0, 0.05) is 6.61 Å². The number of hydrogen-bond acceptors (Lipinski definition) is 4. The molecule has 0 amide bonds. The van der Waals surface area contributed by atoms with E-state index in [1.54, 1.807) is 0 Å². The van der Waals surface area contributed by atoms with Crippen LogP contribution in [-0.4, -0.2) is 90.0 Å². The topological polar surface area (TPSA) is 19.0 Å². The van der Waals surface area contributed by atoms with E-state index in [-0.39, 0.29) is 0 Å². The summed E-state index contributed by atoms with van der Waals surface area (Å²) in [5.74, 6) is 0. The van der Waals surface area contributed by atoms with Crippen LogP contribution in [0.4, 0.5) is 0 Å².